The van der Waals surface area contributed by atoms with E-state index in [2.05, 4.69) is 11.5 Å². The Labute approximate surface area is 121 Å². The summed E-state index contributed by atoms with van der Waals surface area (Å²) in [7, 11) is -2.98. The van der Waals surface area contributed by atoms with E-state index in [4.69, 9.17) is 4.74 Å². The molecule has 0 saturated carbocycles. The van der Waals surface area contributed by atoms with Crippen molar-refractivity contribution < 1.29 is 17.9 Å². The molecular weight excluding hydrogens is 280 g/mol. The van der Waals surface area contributed by atoms with Gasteiger partial charge in [-0.1, -0.05) is 6.58 Å². The summed E-state index contributed by atoms with van der Waals surface area (Å²) >= 11 is 0. The van der Waals surface area contributed by atoms with Crippen LogP contribution in [0.15, 0.2) is 12.3 Å². The van der Waals surface area contributed by atoms with Crippen LogP contribution in [-0.4, -0.2) is 68.0 Å². The van der Waals surface area contributed by atoms with Gasteiger partial charge in [0.1, 0.15) is 9.84 Å². The van der Waals surface area contributed by atoms with E-state index >= 15 is 0 Å². The van der Waals surface area contributed by atoms with Crippen molar-refractivity contribution in [2.75, 3.05) is 38.2 Å². The van der Waals surface area contributed by atoms with Crippen LogP contribution in [-0.2, 0) is 14.6 Å². The first kappa shape index (κ1) is 17.0. The molecular formula is C13H24N2O4S. The number of carbonyl (C=O) groups is 1. The molecule has 20 heavy (non-hydrogen) atoms. The lowest BCUT2D eigenvalue weighted by Gasteiger charge is -2.46. The summed E-state index contributed by atoms with van der Waals surface area (Å²) in [5, 5.41) is 0. The summed E-state index contributed by atoms with van der Waals surface area (Å²) in [6, 6.07) is 0. The zero-order valence-electron chi connectivity index (χ0n) is 12.7. The van der Waals surface area contributed by atoms with Crippen molar-refractivity contribution in [2.24, 2.45) is 0 Å². The van der Waals surface area contributed by atoms with Crippen LogP contribution < -0.4 is 0 Å². The standard InChI is InChI=1S/C13H24N2O4S/c1-11(2)19-12(16)14-6-7-15(13(3,4)10-14)8-9-20(5,17)18/h1,6-10H2,2-5H3. The minimum atomic E-state index is -2.98. The molecule has 0 aromatic rings. The molecule has 0 radical (unpaired) electrons. The molecule has 1 amide bonds. The maximum atomic E-state index is 11.8. The molecule has 1 heterocycles. The fourth-order valence-corrected chi connectivity index (χ4v) is 2.80. The molecule has 0 spiro atoms. The molecule has 0 aromatic heterocycles. The first-order chi connectivity index (χ1) is 9.01. The highest BCUT2D eigenvalue weighted by Crippen LogP contribution is 2.21. The largest absolute Gasteiger partial charge is 0.416 e. The van der Waals surface area contributed by atoms with Crippen molar-refractivity contribution in [3.05, 3.63) is 12.3 Å². The maximum absolute atomic E-state index is 11.8. The van der Waals surface area contributed by atoms with Crippen LogP contribution in [0.5, 0.6) is 0 Å². The fourth-order valence-electron chi connectivity index (χ4n) is 2.25. The Morgan fingerprint density at radius 1 is 1.35 bits per heavy atom. The zero-order chi connectivity index (χ0) is 15.6. The van der Waals surface area contributed by atoms with Crippen LogP contribution in [0.25, 0.3) is 0 Å². The topological polar surface area (TPSA) is 66.9 Å². The number of nitrogens with zero attached hydrogens (tertiary/aromatic N) is 2. The number of hydrogen-bond acceptors (Lipinski definition) is 5. The summed E-state index contributed by atoms with van der Waals surface area (Å²) in [6.07, 6.45) is 0.842. The zero-order valence-corrected chi connectivity index (χ0v) is 13.5. The van der Waals surface area contributed by atoms with Gasteiger partial charge in [0.15, 0.2) is 0 Å². The molecule has 7 heteroatoms. The Morgan fingerprint density at radius 3 is 2.40 bits per heavy atom. The molecule has 0 atom stereocenters. The van der Waals surface area contributed by atoms with Gasteiger partial charge in [-0.3, -0.25) is 4.90 Å². The maximum Gasteiger partial charge on any atom is 0.414 e. The second-order valence-electron chi connectivity index (χ2n) is 5.92. The van der Waals surface area contributed by atoms with Gasteiger partial charge in [-0.15, -0.1) is 0 Å². The minimum absolute atomic E-state index is 0.132. The molecule has 0 bridgehead atoms. The van der Waals surface area contributed by atoms with Crippen LogP contribution in [0.3, 0.4) is 0 Å². The number of ether oxygens (including phenoxy) is 1. The molecule has 1 rings (SSSR count). The highest BCUT2D eigenvalue weighted by atomic mass is 32.2. The first-order valence-corrected chi connectivity index (χ1v) is 8.62. The lowest BCUT2D eigenvalue weighted by Crippen LogP contribution is -2.61. The molecule has 0 aliphatic carbocycles. The predicted octanol–water partition coefficient (Wildman–Crippen LogP) is 1.10. The summed E-state index contributed by atoms with van der Waals surface area (Å²) in [6.45, 7) is 11.3. The van der Waals surface area contributed by atoms with Crippen molar-refractivity contribution in [1.29, 1.82) is 0 Å². The van der Waals surface area contributed by atoms with Crippen LogP contribution in [0.1, 0.15) is 20.8 Å². The van der Waals surface area contributed by atoms with Gasteiger partial charge < -0.3 is 9.64 Å². The van der Waals surface area contributed by atoms with E-state index in [0.29, 0.717) is 31.9 Å². The quantitative estimate of drug-likeness (QED) is 0.728. The van der Waals surface area contributed by atoms with Gasteiger partial charge in [0, 0.05) is 38.0 Å². The van der Waals surface area contributed by atoms with Gasteiger partial charge in [0.2, 0.25) is 0 Å². The predicted molar refractivity (Wildman–Crippen MR) is 78.2 cm³/mol. The molecule has 1 saturated heterocycles. The third kappa shape index (κ3) is 5.13. The van der Waals surface area contributed by atoms with Gasteiger partial charge in [-0.05, 0) is 20.8 Å². The number of hydrogen-bond donors (Lipinski definition) is 0. The number of allylic oxidation sites excluding steroid dienone is 1. The highest BCUT2D eigenvalue weighted by Gasteiger charge is 2.36. The van der Waals surface area contributed by atoms with Crippen molar-refractivity contribution in [1.82, 2.24) is 9.80 Å². The second kappa shape index (κ2) is 6.13. The summed E-state index contributed by atoms with van der Waals surface area (Å²) in [5.74, 6) is 0.499. The van der Waals surface area contributed by atoms with E-state index < -0.39 is 15.9 Å². The molecule has 116 valence electrons. The van der Waals surface area contributed by atoms with Gasteiger partial charge in [0.25, 0.3) is 0 Å². The van der Waals surface area contributed by atoms with Crippen LogP contribution >= 0.6 is 0 Å². The Morgan fingerprint density at radius 2 is 1.95 bits per heavy atom. The molecule has 0 aromatic carbocycles. The van der Waals surface area contributed by atoms with E-state index in [1.54, 1.807) is 11.8 Å². The molecule has 1 aliphatic rings. The van der Waals surface area contributed by atoms with Gasteiger partial charge in [-0.2, -0.15) is 0 Å². The van der Waals surface area contributed by atoms with E-state index in [-0.39, 0.29) is 11.3 Å². The first-order valence-electron chi connectivity index (χ1n) is 6.56. The number of piperazine rings is 1. The number of rotatable bonds is 4. The third-order valence-electron chi connectivity index (χ3n) is 3.33. The molecule has 0 N–H and O–H groups in total. The lowest BCUT2D eigenvalue weighted by molar-refractivity contribution is 0.0239. The van der Waals surface area contributed by atoms with Gasteiger partial charge in [0.05, 0.1) is 11.5 Å². The summed E-state index contributed by atoms with van der Waals surface area (Å²) < 4.78 is 27.5. The smallest absolute Gasteiger partial charge is 0.414 e. The number of amides is 1. The third-order valence-corrected chi connectivity index (χ3v) is 4.25. The van der Waals surface area contributed by atoms with Crippen LogP contribution in [0.4, 0.5) is 4.79 Å². The number of sulfone groups is 1. The average molecular weight is 304 g/mol. The Hall–Kier alpha value is -1.08. The molecule has 0 unspecified atom stereocenters. The molecule has 6 nitrogen and oxygen atoms in total. The fraction of sp³-hybridized carbons (Fsp3) is 0.769. The van der Waals surface area contributed by atoms with Gasteiger partial charge in [-0.25, -0.2) is 13.2 Å². The van der Waals surface area contributed by atoms with Crippen LogP contribution in [0.2, 0.25) is 0 Å². The van der Waals surface area contributed by atoms with E-state index in [1.165, 1.54) is 6.26 Å². The van der Waals surface area contributed by atoms with E-state index in [9.17, 15) is 13.2 Å². The van der Waals surface area contributed by atoms with Gasteiger partial charge >= 0.3 is 6.09 Å². The van der Waals surface area contributed by atoms with Crippen molar-refractivity contribution >= 4 is 15.9 Å². The minimum Gasteiger partial charge on any atom is -0.416 e. The van der Waals surface area contributed by atoms with Crippen molar-refractivity contribution in [2.45, 2.75) is 26.3 Å². The normalized spacial score (nSPS) is 19.7. The van der Waals surface area contributed by atoms with Crippen molar-refractivity contribution in [3.8, 4) is 0 Å². The van der Waals surface area contributed by atoms with Crippen molar-refractivity contribution in [3.63, 3.8) is 0 Å². The monoisotopic (exact) mass is 304 g/mol. The van der Waals surface area contributed by atoms with Crippen LogP contribution in [0, 0.1) is 0 Å². The molecule has 1 aliphatic heterocycles. The second-order valence-corrected chi connectivity index (χ2v) is 8.18. The SMILES string of the molecule is C=C(C)OC(=O)N1CCN(CCS(C)(=O)=O)C(C)(C)C1. The Kier molecular flexibility index (Phi) is 5.21. The Balaban J connectivity index is 2.63. The summed E-state index contributed by atoms with van der Waals surface area (Å²) in [5.41, 5.74) is -0.281. The average Bonchev–Trinajstić information content (AvgIpc) is 2.23. The summed E-state index contributed by atoms with van der Waals surface area (Å²) in [4.78, 5) is 15.6. The Bertz CT molecular complexity index is 485. The lowest BCUT2D eigenvalue weighted by atomic mass is 9.99. The van der Waals surface area contributed by atoms with E-state index in [0.717, 1.165) is 0 Å². The molecule has 1 fully saturated rings. The van der Waals surface area contributed by atoms with E-state index in [1.807, 2.05) is 13.8 Å². The number of carbonyl (C=O) groups excluding carboxylic acids is 1. The highest BCUT2D eigenvalue weighted by molar-refractivity contribution is 7.90.